The van der Waals surface area contributed by atoms with Crippen LogP contribution >= 0.6 is 0 Å². The molecule has 0 fully saturated rings. The Kier molecular flexibility index (Phi) is 15.6. The summed E-state index contributed by atoms with van der Waals surface area (Å²) < 4.78 is 33.5. The van der Waals surface area contributed by atoms with Crippen molar-refractivity contribution in [2.45, 2.75) is 5.16 Å². The average molecular weight is 1110 g/mol. The first kappa shape index (κ1) is 54.3. The Morgan fingerprint density at radius 2 is 0.780 bits per heavy atom. The van der Waals surface area contributed by atoms with E-state index in [0.29, 0.717) is 84.3 Å². The molecule has 0 saturated heterocycles. The zero-order chi connectivity index (χ0) is 57.5. The summed E-state index contributed by atoms with van der Waals surface area (Å²) in [5.74, 6) is 0.599. The van der Waals surface area contributed by atoms with E-state index in [2.05, 4.69) is 66.5 Å². The van der Waals surface area contributed by atoms with Crippen LogP contribution in [-0.4, -0.2) is 111 Å². The van der Waals surface area contributed by atoms with E-state index in [1.165, 1.54) is 20.4 Å². The third-order valence-electron chi connectivity index (χ3n) is 12.6. The predicted molar refractivity (Wildman–Crippen MR) is 316 cm³/mol. The van der Waals surface area contributed by atoms with Gasteiger partial charge in [0.1, 0.15) is 16.6 Å². The van der Waals surface area contributed by atoms with Crippen molar-refractivity contribution in [3.63, 3.8) is 0 Å². The van der Waals surface area contributed by atoms with Crippen LogP contribution in [0.1, 0.15) is 31.1 Å². The van der Waals surface area contributed by atoms with Crippen LogP contribution in [0.2, 0.25) is 0 Å². The Bertz CT molecular complexity index is 4550. The number of anilines is 8. The molecular formula is C59H48N14O8S. The third kappa shape index (κ3) is 11.7. The molecule has 0 amide bonds. The Morgan fingerprint density at radius 3 is 1.12 bits per heavy atom. The molecule has 82 heavy (non-hydrogen) atoms. The van der Waals surface area contributed by atoms with Gasteiger partial charge in [-0.3, -0.25) is 0 Å². The van der Waals surface area contributed by atoms with Crippen molar-refractivity contribution in [1.29, 1.82) is 0 Å². The maximum absolute atomic E-state index is 11.9. The molecule has 12 rings (SSSR count). The zero-order valence-corrected chi connectivity index (χ0v) is 45.1. The number of rotatable bonds is 12. The molecule has 0 aliphatic rings. The van der Waals surface area contributed by atoms with E-state index < -0.39 is 27.7 Å². The SMILES string of the molecule is CNc1ncc2c(n1)c(Nc1ccccc1)nc1cc(C(=O)O)ccc12.CNc1ncc2c(n1)c(Nc1ccccc1)nc1cc(C(=O)OC)ccc12.COC(=O)c1ccc2c(c1)nc(Nc1ccccc1)c1nc(S(C)(=O)=O)ncc12. The Labute approximate surface area is 467 Å². The number of esters is 2. The summed E-state index contributed by atoms with van der Waals surface area (Å²) in [6.45, 7) is 0. The minimum Gasteiger partial charge on any atom is -0.478 e. The van der Waals surface area contributed by atoms with Gasteiger partial charge in [0.15, 0.2) is 17.5 Å². The number of carboxylic acids is 1. The number of sulfone groups is 1. The van der Waals surface area contributed by atoms with Crippen LogP contribution in [0.4, 0.5) is 46.4 Å². The van der Waals surface area contributed by atoms with Gasteiger partial charge in [0.25, 0.3) is 0 Å². The summed E-state index contributed by atoms with van der Waals surface area (Å²) >= 11 is 0. The zero-order valence-electron chi connectivity index (χ0n) is 44.3. The van der Waals surface area contributed by atoms with Crippen LogP contribution in [0.3, 0.4) is 0 Å². The molecule has 6 heterocycles. The molecule has 0 unspecified atom stereocenters. The van der Waals surface area contributed by atoms with Gasteiger partial charge in [0, 0.05) is 88.3 Å². The van der Waals surface area contributed by atoms with Gasteiger partial charge in [0.2, 0.25) is 26.9 Å². The molecule has 0 bridgehead atoms. The van der Waals surface area contributed by atoms with E-state index in [1.807, 2.05) is 97.1 Å². The second kappa shape index (κ2) is 23.5. The summed E-state index contributed by atoms with van der Waals surface area (Å²) in [6.07, 6.45) is 5.98. The van der Waals surface area contributed by atoms with Gasteiger partial charge in [-0.1, -0.05) is 72.8 Å². The number of fused-ring (bicyclic) bond motifs is 9. The summed E-state index contributed by atoms with van der Waals surface area (Å²) in [6, 6.07) is 43.7. The lowest BCUT2D eigenvalue weighted by atomic mass is 10.1. The molecule has 0 atom stereocenters. The second-order valence-corrected chi connectivity index (χ2v) is 19.8. The maximum Gasteiger partial charge on any atom is 0.337 e. The monoisotopic (exact) mass is 1110 g/mol. The maximum atomic E-state index is 11.9. The van der Waals surface area contributed by atoms with Gasteiger partial charge in [0.05, 0.1) is 47.5 Å². The molecule has 6 N–H and O–H groups in total. The van der Waals surface area contributed by atoms with Crippen LogP contribution in [0.15, 0.2) is 169 Å². The van der Waals surface area contributed by atoms with Crippen molar-refractivity contribution < 1.29 is 37.4 Å². The molecule has 22 nitrogen and oxygen atoms in total. The number of hydrogen-bond acceptors (Lipinski definition) is 21. The predicted octanol–water partition coefficient (Wildman–Crippen LogP) is 10.5. The molecule has 0 aliphatic carbocycles. The van der Waals surface area contributed by atoms with Crippen molar-refractivity contribution in [2.75, 3.05) is 61.2 Å². The Hall–Kier alpha value is -11.1. The largest absolute Gasteiger partial charge is 0.478 e. The van der Waals surface area contributed by atoms with Gasteiger partial charge in [-0.15, -0.1) is 0 Å². The highest BCUT2D eigenvalue weighted by molar-refractivity contribution is 7.90. The molecular weight excluding hydrogens is 1060 g/mol. The van der Waals surface area contributed by atoms with Crippen molar-refractivity contribution in [1.82, 2.24) is 44.9 Å². The molecule has 23 heteroatoms. The van der Waals surface area contributed by atoms with E-state index in [-0.39, 0.29) is 10.7 Å². The lowest BCUT2D eigenvalue weighted by Gasteiger charge is -2.12. The first-order valence-corrected chi connectivity index (χ1v) is 26.8. The number of pyridine rings is 3. The van der Waals surface area contributed by atoms with Crippen molar-refractivity contribution in [3.05, 3.63) is 181 Å². The van der Waals surface area contributed by atoms with Crippen molar-refractivity contribution in [2.24, 2.45) is 0 Å². The van der Waals surface area contributed by atoms with Gasteiger partial charge in [-0.05, 0) is 72.8 Å². The number of benzene rings is 6. The highest BCUT2D eigenvalue weighted by atomic mass is 32.2. The number of ether oxygens (including phenoxy) is 2. The number of aromatic nitrogens is 9. The van der Waals surface area contributed by atoms with Crippen LogP contribution < -0.4 is 26.6 Å². The highest BCUT2D eigenvalue weighted by Crippen LogP contribution is 2.34. The number of carbonyl (C=O) groups is 3. The molecule has 6 aromatic carbocycles. The molecule has 0 aliphatic heterocycles. The number of nitrogens with one attached hydrogen (secondary N) is 5. The topological polar surface area (TPSA) is 300 Å². The van der Waals surface area contributed by atoms with E-state index in [1.54, 1.807) is 75.0 Å². The fourth-order valence-corrected chi connectivity index (χ4v) is 9.12. The molecule has 0 saturated carbocycles. The van der Waals surface area contributed by atoms with Crippen LogP contribution in [0.25, 0.3) is 65.4 Å². The number of nitrogens with zero attached hydrogens (tertiary/aromatic N) is 9. The molecule has 0 spiro atoms. The average Bonchev–Trinajstić information content (AvgIpc) is 2.80. The minimum atomic E-state index is -3.60. The fraction of sp³-hybridized carbons (Fsp3) is 0.0847. The summed E-state index contributed by atoms with van der Waals surface area (Å²) in [5, 5.41) is 29.2. The van der Waals surface area contributed by atoms with Crippen LogP contribution in [0, 0.1) is 0 Å². The number of para-hydroxylation sites is 3. The molecule has 0 radical (unpaired) electrons. The van der Waals surface area contributed by atoms with Crippen molar-refractivity contribution in [3.8, 4) is 0 Å². The van der Waals surface area contributed by atoms with E-state index in [0.717, 1.165) is 44.9 Å². The fourth-order valence-electron chi connectivity index (χ4n) is 8.62. The second-order valence-electron chi connectivity index (χ2n) is 17.9. The molecule has 6 aromatic heterocycles. The summed E-state index contributed by atoms with van der Waals surface area (Å²) in [5.41, 5.74) is 6.94. The normalized spacial score (nSPS) is 11.0. The molecule has 408 valence electrons. The number of carbonyl (C=O) groups excluding carboxylic acids is 2. The quantitative estimate of drug-likeness (QED) is 0.0376. The smallest absolute Gasteiger partial charge is 0.337 e. The standard InChI is InChI=1S/C20H17N5O2.C20H16N4O4S.C19H15N5O2/c1-21-20-22-11-15-14-9-8-12(19(26)27-2)10-16(14)24-18(17(15)25-20)23-13-6-4-3-5-7-13;1-28-19(25)12-8-9-14-15-11-21-20(29(2,26)27)24-17(15)18(23-16(14)10-12)22-13-6-4-3-5-7-13;1-20-19-21-10-14-13-8-7-11(18(25)26)9-15(13)23-17(16(14)24-19)22-12-5-3-2-4-6-12/h3-11H,1-2H3,(H,23,24)(H,21,22,25);3-11H,1-2H3,(H,22,23);2-10H,1H3,(H,22,23)(H,25,26)(H,20,21,24). The third-order valence-corrected chi connectivity index (χ3v) is 13.4. The van der Waals surface area contributed by atoms with Gasteiger partial charge in [-0.25, -0.2) is 67.7 Å². The van der Waals surface area contributed by atoms with Crippen LogP contribution in [0.5, 0.6) is 0 Å². The lowest BCUT2D eigenvalue weighted by molar-refractivity contribution is 0.0592. The van der Waals surface area contributed by atoms with E-state index in [4.69, 9.17) is 14.5 Å². The van der Waals surface area contributed by atoms with Gasteiger partial charge >= 0.3 is 17.9 Å². The summed E-state index contributed by atoms with van der Waals surface area (Å²) in [4.78, 5) is 75.0. The number of carboxylic acid groups (broad SMARTS) is 1. The van der Waals surface area contributed by atoms with Gasteiger partial charge in [-0.2, -0.15) is 0 Å². The summed E-state index contributed by atoms with van der Waals surface area (Å²) in [7, 11) is 2.58. The first-order chi connectivity index (χ1) is 39.7. The number of hydrogen-bond donors (Lipinski definition) is 6. The van der Waals surface area contributed by atoms with Gasteiger partial charge < -0.3 is 41.2 Å². The Balaban J connectivity index is 0.000000138. The van der Waals surface area contributed by atoms with E-state index in [9.17, 15) is 27.9 Å². The van der Waals surface area contributed by atoms with Crippen LogP contribution in [-0.2, 0) is 19.3 Å². The molecule has 12 aromatic rings. The van der Waals surface area contributed by atoms with E-state index >= 15 is 0 Å². The Morgan fingerprint density at radius 1 is 0.439 bits per heavy atom. The number of methoxy groups -OCH3 is 2. The highest BCUT2D eigenvalue weighted by Gasteiger charge is 2.20. The lowest BCUT2D eigenvalue weighted by Crippen LogP contribution is -2.06. The minimum absolute atomic E-state index is 0.183. The number of aromatic carboxylic acids is 1. The van der Waals surface area contributed by atoms with Crippen molar-refractivity contribution >= 4 is 140 Å². The first-order valence-electron chi connectivity index (χ1n) is 24.9.